The molecule has 3 aromatic rings. The van der Waals surface area contributed by atoms with E-state index in [1.165, 1.54) is 22.8 Å². The predicted molar refractivity (Wildman–Crippen MR) is 140 cm³/mol. The number of nitrogens with zero attached hydrogens (tertiary/aromatic N) is 3. The molecule has 184 valence electrons. The minimum absolute atomic E-state index is 0.0566. The topological polar surface area (TPSA) is 67.2 Å². The molecule has 6 nitrogen and oxygen atoms in total. The smallest absolute Gasteiger partial charge is 0.275 e. The summed E-state index contributed by atoms with van der Waals surface area (Å²) in [4.78, 5) is 28.0. The van der Waals surface area contributed by atoms with Crippen LogP contribution in [-0.4, -0.2) is 40.2 Å². The fourth-order valence-corrected chi connectivity index (χ4v) is 4.57. The normalized spacial score (nSPS) is 15.2. The summed E-state index contributed by atoms with van der Waals surface area (Å²) < 4.78 is 1.59. The van der Waals surface area contributed by atoms with Gasteiger partial charge in [-0.1, -0.05) is 51.1 Å². The maximum absolute atomic E-state index is 13.1. The molecule has 0 radical (unpaired) electrons. The summed E-state index contributed by atoms with van der Waals surface area (Å²) >= 11 is 0. The fraction of sp³-hybridized carbons (Fsp3) is 0.414. The number of benzene rings is 2. The molecule has 1 amide bonds. The number of hydrogen-bond acceptors (Lipinski definition) is 4. The summed E-state index contributed by atoms with van der Waals surface area (Å²) in [7, 11) is 0. The number of amides is 1. The highest BCUT2D eigenvalue weighted by atomic mass is 16.2. The zero-order valence-corrected chi connectivity index (χ0v) is 21.5. The maximum atomic E-state index is 13.1. The SMILES string of the molecule is Cc1ccc(-n2ccc(=O)c(C(=O)NC[C@@H](c3ccc(C(C)(C)C)cc3)N3CCCC3)n2)cc1C. The molecule has 1 saturated heterocycles. The third-order valence-corrected chi connectivity index (χ3v) is 6.98. The molecule has 1 aromatic heterocycles. The third kappa shape index (κ3) is 5.70. The summed E-state index contributed by atoms with van der Waals surface area (Å²) in [5.74, 6) is -0.441. The highest BCUT2D eigenvalue weighted by molar-refractivity contribution is 5.92. The van der Waals surface area contributed by atoms with Crippen molar-refractivity contribution in [2.24, 2.45) is 0 Å². The van der Waals surface area contributed by atoms with Gasteiger partial charge in [0, 0.05) is 18.8 Å². The van der Waals surface area contributed by atoms with Gasteiger partial charge in [-0.2, -0.15) is 5.10 Å². The van der Waals surface area contributed by atoms with E-state index in [2.05, 4.69) is 60.4 Å². The van der Waals surface area contributed by atoms with Crippen LogP contribution < -0.4 is 10.7 Å². The molecule has 0 saturated carbocycles. The Labute approximate surface area is 208 Å². The van der Waals surface area contributed by atoms with Gasteiger partial charge in [-0.25, -0.2) is 4.68 Å². The first-order valence-electron chi connectivity index (χ1n) is 12.4. The zero-order valence-electron chi connectivity index (χ0n) is 21.5. The maximum Gasteiger partial charge on any atom is 0.275 e. The van der Waals surface area contributed by atoms with Crippen molar-refractivity contribution in [3.05, 3.63) is 92.9 Å². The van der Waals surface area contributed by atoms with Gasteiger partial charge in [-0.05, 0) is 79.6 Å². The molecule has 0 unspecified atom stereocenters. The molecule has 1 aliphatic heterocycles. The second kappa shape index (κ2) is 10.2. The number of aryl methyl sites for hydroxylation is 2. The van der Waals surface area contributed by atoms with Crippen molar-refractivity contribution in [3.8, 4) is 5.69 Å². The first-order chi connectivity index (χ1) is 16.6. The van der Waals surface area contributed by atoms with Gasteiger partial charge in [0.15, 0.2) is 5.69 Å². The van der Waals surface area contributed by atoms with Gasteiger partial charge in [0.2, 0.25) is 5.43 Å². The molecule has 1 aliphatic rings. The Morgan fingerprint density at radius 2 is 1.69 bits per heavy atom. The number of rotatable bonds is 6. The lowest BCUT2D eigenvalue weighted by Gasteiger charge is -2.29. The van der Waals surface area contributed by atoms with Crippen molar-refractivity contribution in [2.45, 2.75) is 58.9 Å². The molecular formula is C29H36N4O2. The molecule has 4 rings (SSSR count). The lowest BCUT2D eigenvalue weighted by atomic mass is 9.86. The van der Waals surface area contributed by atoms with E-state index in [4.69, 9.17) is 0 Å². The van der Waals surface area contributed by atoms with Crippen molar-refractivity contribution in [3.63, 3.8) is 0 Å². The van der Waals surface area contributed by atoms with E-state index in [1.54, 1.807) is 10.9 Å². The van der Waals surface area contributed by atoms with Gasteiger partial charge in [0.1, 0.15) is 0 Å². The summed E-state index contributed by atoms with van der Waals surface area (Å²) in [6.45, 7) is 13.1. The average molecular weight is 473 g/mol. The summed E-state index contributed by atoms with van der Waals surface area (Å²) in [5.41, 5.74) is 5.20. The number of aromatic nitrogens is 2. The Bertz CT molecular complexity index is 1250. The van der Waals surface area contributed by atoms with Crippen molar-refractivity contribution >= 4 is 5.91 Å². The quantitative estimate of drug-likeness (QED) is 0.564. The number of carbonyl (C=O) groups excluding carboxylic acids is 1. The average Bonchev–Trinajstić information content (AvgIpc) is 3.35. The lowest BCUT2D eigenvalue weighted by molar-refractivity contribution is 0.0930. The molecule has 0 aliphatic carbocycles. The Morgan fingerprint density at radius 1 is 1.00 bits per heavy atom. The minimum Gasteiger partial charge on any atom is -0.349 e. The van der Waals surface area contributed by atoms with E-state index >= 15 is 0 Å². The zero-order chi connectivity index (χ0) is 25.2. The molecule has 2 heterocycles. The van der Waals surface area contributed by atoms with Crippen LogP contribution >= 0.6 is 0 Å². The standard InChI is InChI=1S/C29H36N4O2/c1-20-8-13-24(18-21(20)2)33-17-14-26(34)27(31-33)28(35)30-19-25(32-15-6-7-16-32)22-9-11-23(12-10-22)29(3,4)5/h8-14,17-18,25H,6-7,15-16,19H2,1-5H3,(H,30,35)/t25-/m0/s1. The van der Waals surface area contributed by atoms with E-state index in [0.717, 1.165) is 37.2 Å². The van der Waals surface area contributed by atoms with Crippen molar-refractivity contribution in [1.29, 1.82) is 0 Å². The van der Waals surface area contributed by atoms with Gasteiger partial charge in [-0.3, -0.25) is 14.5 Å². The molecule has 1 atom stereocenters. The largest absolute Gasteiger partial charge is 0.349 e. The molecule has 1 fully saturated rings. The van der Waals surface area contributed by atoms with Crippen LogP contribution in [0.4, 0.5) is 0 Å². The van der Waals surface area contributed by atoms with Gasteiger partial charge in [-0.15, -0.1) is 0 Å². The second-order valence-corrected chi connectivity index (χ2v) is 10.6. The monoisotopic (exact) mass is 472 g/mol. The van der Waals surface area contributed by atoms with Crippen LogP contribution in [0.5, 0.6) is 0 Å². The summed E-state index contributed by atoms with van der Waals surface area (Å²) in [6.07, 6.45) is 3.92. The first kappa shape index (κ1) is 24.9. The highest BCUT2D eigenvalue weighted by Gasteiger charge is 2.25. The van der Waals surface area contributed by atoms with E-state index in [9.17, 15) is 9.59 Å². The Morgan fingerprint density at radius 3 is 2.31 bits per heavy atom. The predicted octanol–water partition coefficient (Wildman–Crippen LogP) is 4.71. The Kier molecular flexibility index (Phi) is 7.22. The third-order valence-electron chi connectivity index (χ3n) is 6.98. The first-order valence-corrected chi connectivity index (χ1v) is 12.4. The molecular weight excluding hydrogens is 436 g/mol. The molecule has 0 spiro atoms. The summed E-state index contributed by atoms with van der Waals surface area (Å²) in [5, 5.41) is 7.38. The van der Waals surface area contributed by atoms with Crippen LogP contribution in [0.3, 0.4) is 0 Å². The Balaban J connectivity index is 1.55. The van der Waals surface area contributed by atoms with E-state index in [1.807, 2.05) is 32.0 Å². The van der Waals surface area contributed by atoms with Crippen LogP contribution in [0.1, 0.15) is 72.4 Å². The molecule has 6 heteroatoms. The van der Waals surface area contributed by atoms with Gasteiger partial charge < -0.3 is 5.32 Å². The van der Waals surface area contributed by atoms with E-state index in [-0.39, 0.29) is 22.6 Å². The van der Waals surface area contributed by atoms with Gasteiger partial charge in [0.25, 0.3) is 5.91 Å². The van der Waals surface area contributed by atoms with Crippen LogP contribution in [0.25, 0.3) is 5.69 Å². The fourth-order valence-electron chi connectivity index (χ4n) is 4.57. The van der Waals surface area contributed by atoms with E-state index < -0.39 is 5.91 Å². The summed E-state index contributed by atoms with van der Waals surface area (Å²) in [6, 6.07) is 16.1. The van der Waals surface area contributed by atoms with Crippen molar-refractivity contribution < 1.29 is 4.79 Å². The number of nitrogens with one attached hydrogen (secondary N) is 1. The van der Waals surface area contributed by atoms with Crippen LogP contribution in [0.15, 0.2) is 59.5 Å². The van der Waals surface area contributed by atoms with Crippen molar-refractivity contribution in [1.82, 2.24) is 20.0 Å². The number of carbonyl (C=O) groups is 1. The van der Waals surface area contributed by atoms with Gasteiger partial charge >= 0.3 is 0 Å². The molecule has 0 bridgehead atoms. The molecule has 2 aromatic carbocycles. The van der Waals surface area contributed by atoms with Crippen molar-refractivity contribution in [2.75, 3.05) is 19.6 Å². The van der Waals surface area contributed by atoms with E-state index in [0.29, 0.717) is 6.54 Å². The molecule has 35 heavy (non-hydrogen) atoms. The van der Waals surface area contributed by atoms with Crippen LogP contribution in [0, 0.1) is 13.8 Å². The highest BCUT2D eigenvalue weighted by Crippen LogP contribution is 2.28. The number of likely N-dealkylation sites (tertiary alicyclic amines) is 1. The van der Waals surface area contributed by atoms with Gasteiger partial charge in [0.05, 0.1) is 11.7 Å². The lowest BCUT2D eigenvalue weighted by Crippen LogP contribution is -2.39. The van der Waals surface area contributed by atoms with Crippen LogP contribution in [-0.2, 0) is 5.41 Å². The molecule has 1 N–H and O–H groups in total. The Hall–Kier alpha value is -3.25. The number of hydrogen-bond donors (Lipinski definition) is 1. The second-order valence-electron chi connectivity index (χ2n) is 10.6. The minimum atomic E-state index is -0.441. The van der Waals surface area contributed by atoms with Crippen LogP contribution in [0.2, 0.25) is 0 Å².